The van der Waals surface area contributed by atoms with E-state index < -0.39 is 17.9 Å². The highest BCUT2D eigenvalue weighted by atomic mass is 79.9. The van der Waals surface area contributed by atoms with Crippen molar-refractivity contribution >= 4 is 39.5 Å². The van der Waals surface area contributed by atoms with Crippen molar-refractivity contribution in [3.05, 3.63) is 40.4 Å². The van der Waals surface area contributed by atoms with Crippen LogP contribution in [-0.2, 0) is 9.59 Å². The summed E-state index contributed by atoms with van der Waals surface area (Å²) in [6, 6.07) is 4.54. The number of nitrogens with one attached hydrogen (secondary N) is 2. The van der Waals surface area contributed by atoms with Gasteiger partial charge in [-0.3, -0.25) is 10.1 Å². The maximum Gasteiger partial charge on any atom is 0.328 e. The fourth-order valence-electron chi connectivity index (χ4n) is 1.18. The Morgan fingerprint density at radius 3 is 2.53 bits per heavy atom. The lowest BCUT2D eigenvalue weighted by Gasteiger charge is -2.07. The lowest BCUT2D eigenvalue weighted by Crippen LogP contribution is -2.33. The van der Waals surface area contributed by atoms with Crippen LogP contribution in [0, 0.1) is 6.92 Å². The molecule has 0 saturated carbocycles. The van der Waals surface area contributed by atoms with Gasteiger partial charge in [0, 0.05) is 16.6 Å². The van der Waals surface area contributed by atoms with Crippen LogP contribution >= 0.6 is 15.9 Å². The van der Waals surface area contributed by atoms with Gasteiger partial charge < -0.3 is 10.4 Å². The van der Waals surface area contributed by atoms with Crippen LogP contribution in [0.2, 0.25) is 0 Å². The number of amides is 3. The Bertz CT molecular complexity index is 555. The molecular weight excluding hydrogens is 316 g/mol. The van der Waals surface area contributed by atoms with E-state index in [1.54, 1.807) is 12.1 Å². The van der Waals surface area contributed by atoms with E-state index in [9.17, 15) is 14.4 Å². The molecule has 0 aromatic heterocycles. The third-order valence-electron chi connectivity index (χ3n) is 1.99. The molecular formula is C12H11BrN2O4. The number of carboxylic acids is 1. The molecule has 0 aliphatic heterocycles. The van der Waals surface area contributed by atoms with Gasteiger partial charge >= 0.3 is 12.0 Å². The van der Waals surface area contributed by atoms with Crippen LogP contribution < -0.4 is 10.6 Å². The molecule has 3 N–H and O–H groups in total. The molecule has 1 aromatic carbocycles. The average Bonchev–Trinajstić information content (AvgIpc) is 2.30. The smallest absolute Gasteiger partial charge is 0.328 e. The number of rotatable bonds is 3. The summed E-state index contributed by atoms with van der Waals surface area (Å²) in [5, 5.41) is 12.7. The Morgan fingerprint density at radius 1 is 1.26 bits per heavy atom. The minimum Gasteiger partial charge on any atom is -0.478 e. The van der Waals surface area contributed by atoms with E-state index in [4.69, 9.17) is 5.11 Å². The third kappa shape index (κ3) is 5.35. The Kier molecular flexibility index (Phi) is 5.25. The van der Waals surface area contributed by atoms with Crippen molar-refractivity contribution in [2.45, 2.75) is 6.92 Å². The Balaban J connectivity index is 2.60. The van der Waals surface area contributed by atoms with E-state index in [0.29, 0.717) is 16.2 Å². The average molecular weight is 327 g/mol. The lowest BCUT2D eigenvalue weighted by molar-refractivity contribution is -0.131. The van der Waals surface area contributed by atoms with Gasteiger partial charge in [-0.1, -0.05) is 6.07 Å². The first kappa shape index (κ1) is 14.9. The minimum absolute atomic E-state index is 0.498. The Labute approximate surface area is 117 Å². The maximum atomic E-state index is 11.5. The molecule has 0 heterocycles. The molecule has 19 heavy (non-hydrogen) atoms. The molecule has 100 valence electrons. The van der Waals surface area contributed by atoms with Gasteiger partial charge in [0.05, 0.1) is 5.69 Å². The molecule has 0 aliphatic carbocycles. The minimum atomic E-state index is -1.27. The number of aryl methyl sites for hydroxylation is 1. The van der Waals surface area contributed by atoms with E-state index in [-0.39, 0.29) is 0 Å². The van der Waals surface area contributed by atoms with Crippen molar-refractivity contribution in [3.8, 4) is 0 Å². The van der Waals surface area contributed by atoms with Crippen molar-refractivity contribution in [1.82, 2.24) is 5.32 Å². The van der Waals surface area contributed by atoms with Crippen LogP contribution in [0.4, 0.5) is 10.5 Å². The number of hydrogen-bond donors (Lipinski definition) is 3. The predicted octanol–water partition coefficient (Wildman–Crippen LogP) is 2.05. The number of anilines is 1. The molecule has 1 aromatic rings. The molecule has 0 saturated heterocycles. The fourth-order valence-corrected chi connectivity index (χ4v) is 1.77. The van der Waals surface area contributed by atoms with Gasteiger partial charge in [0.25, 0.3) is 5.91 Å². The SMILES string of the molecule is Cc1ccc(NC(=O)NC(=O)/C=C/C(=O)O)c(Br)c1. The molecule has 0 atom stereocenters. The van der Waals surface area contributed by atoms with E-state index >= 15 is 0 Å². The second-order valence-corrected chi connectivity index (χ2v) is 4.45. The number of urea groups is 1. The van der Waals surface area contributed by atoms with Gasteiger partial charge in [0.15, 0.2) is 0 Å². The number of carbonyl (C=O) groups excluding carboxylic acids is 2. The summed E-state index contributed by atoms with van der Waals surface area (Å²) in [6.45, 7) is 1.90. The van der Waals surface area contributed by atoms with Crippen LogP contribution in [0.25, 0.3) is 0 Å². The molecule has 0 bridgehead atoms. The van der Waals surface area contributed by atoms with Crippen molar-refractivity contribution in [3.63, 3.8) is 0 Å². The largest absolute Gasteiger partial charge is 0.478 e. The first-order chi connectivity index (χ1) is 8.88. The zero-order valence-electron chi connectivity index (χ0n) is 9.94. The molecule has 3 amide bonds. The summed E-state index contributed by atoms with van der Waals surface area (Å²) in [5.41, 5.74) is 1.51. The summed E-state index contributed by atoms with van der Waals surface area (Å²) in [7, 11) is 0. The summed E-state index contributed by atoms with van der Waals surface area (Å²) < 4.78 is 0.677. The van der Waals surface area contributed by atoms with Gasteiger partial charge in [-0.15, -0.1) is 0 Å². The zero-order chi connectivity index (χ0) is 14.4. The van der Waals surface area contributed by atoms with Gasteiger partial charge in [0.1, 0.15) is 0 Å². The molecule has 0 unspecified atom stereocenters. The summed E-state index contributed by atoms with van der Waals surface area (Å²) in [4.78, 5) is 32.8. The van der Waals surface area contributed by atoms with Crippen LogP contribution in [0.15, 0.2) is 34.8 Å². The fraction of sp³-hybridized carbons (Fsp3) is 0.0833. The first-order valence-electron chi connectivity index (χ1n) is 5.17. The quantitative estimate of drug-likeness (QED) is 0.741. The maximum absolute atomic E-state index is 11.5. The highest BCUT2D eigenvalue weighted by Gasteiger charge is 2.07. The number of aliphatic carboxylic acids is 1. The van der Waals surface area contributed by atoms with Gasteiger partial charge in [-0.2, -0.15) is 0 Å². The van der Waals surface area contributed by atoms with E-state index in [1.165, 1.54) is 0 Å². The number of imide groups is 1. The molecule has 0 aliphatic rings. The highest BCUT2D eigenvalue weighted by Crippen LogP contribution is 2.23. The van der Waals surface area contributed by atoms with Crippen LogP contribution in [0.5, 0.6) is 0 Å². The number of carbonyl (C=O) groups is 3. The molecule has 7 heteroatoms. The lowest BCUT2D eigenvalue weighted by atomic mass is 10.2. The van der Waals surface area contributed by atoms with Crippen molar-refractivity contribution < 1.29 is 19.5 Å². The Hall–Kier alpha value is -2.15. The normalized spacial score (nSPS) is 10.2. The van der Waals surface area contributed by atoms with Gasteiger partial charge in [0.2, 0.25) is 0 Å². The number of halogens is 1. The first-order valence-corrected chi connectivity index (χ1v) is 5.97. The second kappa shape index (κ2) is 6.69. The molecule has 1 rings (SSSR count). The number of carboxylic acid groups (broad SMARTS) is 1. The van der Waals surface area contributed by atoms with Crippen LogP contribution in [-0.4, -0.2) is 23.0 Å². The standard InChI is InChI=1S/C12H11BrN2O4/c1-7-2-3-9(8(13)6-7)14-12(19)15-10(16)4-5-11(17)18/h2-6H,1H3,(H,17,18)(H2,14,15,16,19)/b5-4+. The zero-order valence-corrected chi connectivity index (χ0v) is 11.5. The molecule has 0 fully saturated rings. The molecule has 0 radical (unpaired) electrons. The van der Waals surface area contributed by atoms with E-state index in [1.807, 2.05) is 18.3 Å². The van der Waals surface area contributed by atoms with Crippen LogP contribution in [0.1, 0.15) is 5.56 Å². The van der Waals surface area contributed by atoms with E-state index in [2.05, 4.69) is 21.2 Å². The topological polar surface area (TPSA) is 95.5 Å². The predicted molar refractivity (Wildman–Crippen MR) is 72.8 cm³/mol. The number of hydrogen-bond acceptors (Lipinski definition) is 3. The second-order valence-electron chi connectivity index (χ2n) is 3.60. The Morgan fingerprint density at radius 2 is 1.95 bits per heavy atom. The van der Waals surface area contributed by atoms with Crippen LogP contribution in [0.3, 0.4) is 0 Å². The highest BCUT2D eigenvalue weighted by molar-refractivity contribution is 9.10. The summed E-state index contributed by atoms with van der Waals surface area (Å²) in [5.74, 6) is -2.08. The van der Waals surface area contributed by atoms with Crippen molar-refractivity contribution in [2.24, 2.45) is 0 Å². The third-order valence-corrected chi connectivity index (χ3v) is 2.64. The summed E-state index contributed by atoms with van der Waals surface area (Å²) >= 11 is 3.27. The molecule has 0 spiro atoms. The number of benzene rings is 1. The van der Waals surface area contributed by atoms with E-state index in [0.717, 1.165) is 11.6 Å². The molecule has 6 nitrogen and oxygen atoms in total. The van der Waals surface area contributed by atoms with Crippen molar-refractivity contribution in [1.29, 1.82) is 0 Å². The van der Waals surface area contributed by atoms with Gasteiger partial charge in [-0.05, 0) is 40.5 Å². The monoisotopic (exact) mass is 326 g/mol. The summed E-state index contributed by atoms with van der Waals surface area (Å²) in [6.07, 6.45) is 1.40. The van der Waals surface area contributed by atoms with Crippen molar-refractivity contribution in [2.75, 3.05) is 5.32 Å². The van der Waals surface area contributed by atoms with Gasteiger partial charge in [-0.25, -0.2) is 9.59 Å².